The van der Waals surface area contributed by atoms with Crippen molar-refractivity contribution in [3.05, 3.63) is 35.9 Å². The van der Waals surface area contributed by atoms with Crippen molar-refractivity contribution in [2.45, 2.75) is 24.9 Å². The largest absolute Gasteiger partial charge is 0.468 e. The fourth-order valence-corrected chi connectivity index (χ4v) is 2.09. The van der Waals surface area contributed by atoms with E-state index < -0.39 is 6.04 Å². The van der Waals surface area contributed by atoms with Crippen LogP contribution in [-0.2, 0) is 14.3 Å². The molecular weight excluding hydrogens is 218 g/mol. The first-order valence-electron chi connectivity index (χ1n) is 5.61. The smallest absolute Gasteiger partial charge is 0.323 e. The van der Waals surface area contributed by atoms with E-state index in [1.807, 2.05) is 30.3 Å². The lowest BCUT2D eigenvalue weighted by Gasteiger charge is -2.28. The minimum Gasteiger partial charge on any atom is -0.468 e. The minimum absolute atomic E-state index is 0.0907. The number of benzene rings is 1. The van der Waals surface area contributed by atoms with Gasteiger partial charge in [-0.3, -0.25) is 14.9 Å². The highest BCUT2D eigenvalue weighted by molar-refractivity contribution is 5.88. The van der Waals surface area contributed by atoms with Crippen molar-refractivity contribution in [1.82, 2.24) is 5.32 Å². The van der Waals surface area contributed by atoms with Crippen molar-refractivity contribution in [2.24, 2.45) is 0 Å². The van der Waals surface area contributed by atoms with Crippen LogP contribution in [0.5, 0.6) is 0 Å². The number of ether oxygens (including phenoxy) is 1. The van der Waals surface area contributed by atoms with E-state index in [-0.39, 0.29) is 24.2 Å². The molecule has 0 unspecified atom stereocenters. The van der Waals surface area contributed by atoms with E-state index in [1.165, 1.54) is 7.11 Å². The maximum Gasteiger partial charge on any atom is 0.323 e. The Morgan fingerprint density at radius 1 is 1.29 bits per heavy atom. The van der Waals surface area contributed by atoms with E-state index in [0.29, 0.717) is 6.42 Å². The van der Waals surface area contributed by atoms with Crippen LogP contribution >= 0.6 is 0 Å². The number of methoxy groups -OCH3 is 1. The van der Waals surface area contributed by atoms with Gasteiger partial charge in [0.25, 0.3) is 0 Å². The summed E-state index contributed by atoms with van der Waals surface area (Å²) in [5, 5.41) is 3.16. The molecule has 1 saturated heterocycles. The Balaban J connectivity index is 2.14. The molecule has 90 valence electrons. The van der Waals surface area contributed by atoms with Crippen molar-refractivity contribution in [2.75, 3.05) is 7.11 Å². The van der Waals surface area contributed by atoms with Gasteiger partial charge in [-0.05, 0) is 5.56 Å². The Bertz CT molecular complexity index is 416. The molecule has 0 spiro atoms. The minimum atomic E-state index is -0.522. The Morgan fingerprint density at radius 2 is 2.00 bits per heavy atom. The molecule has 1 fully saturated rings. The molecule has 0 saturated carbocycles. The van der Waals surface area contributed by atoms with Crippen LogP contribution in [0.2, 0.25) is 0 Å². The number of Topliss-reactive ketones (excluding diaryl/α,β-unsaturated/α-hetero) is 1. The lowest BCUT2D eigenvalue weighted by atomic mass is 9.92. The quantitative estimate of drug-likeness (QED) is 0.780. The number of ketones is 1. The van der Waals surface area contributed by atoms with Crippen molar-refractivity contribution in [3.8, 4) is 0 Å². The van der Waals surface area contributed by atoms with Crippen LogP contribution in [0.4, 0.5) is 0 Å². The molecular formula is C13H15NO3. The van der Waals surface area contributed by atoms with Crippen LogP contribution < -0.4 is 5.32 Å². The number of piperidine rings is 1. The lowest BCUT2D eigenvalue weighted by molar-refractivity contribution is -0.146. The maximum atomic E-state index is 11.6. The maximum absolute atomic E-state index is 11.6. The summed E-state index contributed by atoms with van der Waals surface area (Å²) in [6, 6.07) is 9.04. The van der Waals surface area contributed by atoms with E-state index in [9.17, 15) is 9.59 Å². The van der Waals surface area contributed by atoms with Gasteiger partial charge in [-0.2, -0.15) is 0 Å². The second-order valence-electron chi connectivity index (χ2n) is 4.15. The number of hydrogen-bond acceptors (Lipinski definition) is 4. The number of nitrogens with one attached hydrogen (secondary N) is 1. The molecule has 4 heteroatoms. The normalized spacial score (nSPS) is 24.4. The van der Waals surface area contributed by atoms with Crippen molar-refractivity contribution >= 4 is 11.8 Å². The summed E-state index contributed by atoms with van der Waals surface area (Å²) < 4.78 is 4.67. The number of carbonyl (C=O) groups is 2. The zero-order valence-corrected chi connectivity index (χ0v) is 9.68. The van der Waals surface area contributed by atoms with Gasteiger partial charge in [-0.15, -0.1) is 0 Å². The summed E-state index contributed by atoms with van der Waals surface area (Å²) in [4.78, 5) is 23.1. The van der Waals surface area contributed by atoms with Crippen LogP contribution in [0.15, 0.2) is 30.3 Å². The Morgan fingerprint density at radius 3 is 2.65 bits per heavy atom. The molecule has 2 atom stereocenters. The Kier molecular flexibility index (Phi) is 3.54. The number of carbonyl (C=O) groups excluding carboxylic acids is 2. The highest BCUT2D eigenvalue weighted by atomic mass is 16.5. The lowest BCUT2D eigenvalue weighted by Crippen LogP contribution is -2.46. The summed E-state index contributed by atoms with van der Waals surface area (Å²) >= 11 is 0. The first-order valence-corrected chi connectivity index (χ1v) is 5.61. The standard InChI is InChI=1S/C13H15NO3/c1-17-13(16)12-8-10(15)7-11(14-12)9-5-3-2-4-6-9/h2-6,11-12,14H,7-8H2,1H3/t11-,12+/m1/s1. The first kappa shape index (κ1) is 11.8. The molecule has 0 aromatic heterocycles. The summed E-state index contributed by atoms with van der Waals surface area (Å²) in [6.45, 7) is 0. The molecule has 1 N–H and O–H groups in total. The average Bonchev–Trinajstić information content (AvgIpc) is 2.38. The second kappa shape index (κ2) is 5.10. The third-order valence-electron chi connectivity index (χ3n) is 2.95. The molecule has 1 heterocycles. The van der Waals surface area contributed by atoms with Gasteiger partial charge in [-0.1, -0.05) is 30.3 Å². The molecule has 1 aromatic rings. The molecule has 1 aliphatic heterocycles. The average molecular weight is 233 g/mol. The molecule has 17 heavy (non-hydrogen) atoms. The van der Waals surface area contributed by atoms with Crippen LogP contribution in [0.1, 0.15) is 24.4 Å². The summed E-state index contributed by atoms with van der Waals surface area (Å²) in [5.41, 5.74) is 1.02. The molecule has 4 nitrogen and oxygen atoms in total. The molecule has 1 aliphatic rings. The third-order valence-corrected chi connectivity index (χ3v) is 2.95. The highest BCUT2D eigenvalue weighted by Crippen LogP contribution is 2.23. The van der Waals surface area contributed by atoms with Gasteiger partial charge in [0, 0.05) is 18.9 Å². The third kappa shape index (κ3) is 2.71. The van der Waals surface area contributed by atoms with Crippen LogP contribution in [0.25, 0.3) is 0 Å². The monoisotopic (exact) mass is 233 g/mol. The van der Waals surface area contributed by atoms with E-state index in [4.69, 9.17) is 0 Å². The predicted octanol–water partition coefficient (Wildman–Crippen LogP) is 1.22. The van der Waals surface area contributed by atoms with Gasteiger partial charge in [0.15, 0.2) is 0 Å². The zero-order valence-electron chi connectivity index (χ0n) is 9.68. The number of hydrogen-bond donors (Lipinski definition) is 1. The summed E-state index contributed by atoms with van der Waals surface area (Å²) in [7, 11) is 1.33. The van der Waals surface area contributed by atoms with Crippen LogP contribution in [0.3, 0.4) is 0 Å². The van der Waals surface area contributed by atoms with Gasteiger partial charge in [-0.25, -0.2) is 0 Å². The van der Waals surface area contributed by atoms with Crippen molar-refractivity contribution in [1.29, 1.82) is 0 Å². The van der Waals surface area contributed by atoms with Crippen molar-refractivity contribution < 1.29 is 14.3 Å². The number of esters is 1. The van der Waals surface area contributed by atoms with Gasteiger partial charge in [0.05, 0.1) is 7.11 Å². The molecule has 0 radical (unpaired) electrons. The van der Waals surface area contributed by atoms with E-state index in [2.05, 4.69) is 10.1 Å². The van der Waals surface area contributed by atoms with Crippen LogP contribution in [0, 0.1) is 0 Å². The van der Waals surface area contributed by atoms with Gasteiger partial charge in [0.1, 0.15) is 11.8 Å². The zero-order chi connectivity index (χ0) is 12.3. The van der Waals surface area contributed by atoms with E-state index in [1.54, 1.807) is 0 Å². The summed E-state index contributed by atoms with van der Waals surface area (Å²) in [5.74, 6) is -0.285. The van der Waals surface area contributed by atoms with E-state index >= 15 is 0 Å². The van der Waals surface area contributed by atoms with E-state index in [0.717, 1.165) is 5.56 Å². The molecule has 2 rings (SSSR count). The summed E-state index contributed by atoms with van der Waals surface area (Å²) in [6.07, 6.45) is 0.646. The van der Waals surface area contributed by atoms with Crippen LogP contribution in [-0.4, -0.2) is 24.9 Å². The number of rotatable bonds is 2. The highest BCUT2D eigenvalue weighted by Gasteiger charge is 2.32. The predicted molar refractivity (Wildman–Crippen MR) is 62.4 cm³/mol. The van der Waals surface area contributed by atoms with Gasteiger partial charge in [0.2, 0.25) is 0 Å². The Labute approximate surface area is 100.0 Å². The molecule has 1 aromatic carbocycles. The first-order chi connectivity index (χ1) is 8.20. The fraction of sp³-hybridized carbons (Fsp3) is 0.385. The topological polar surface area (TPSA) is 55.4 Å². The molecule has 0 amide bonds. The SMILES string of the molecule is COC(=O)[C@@H]1CC(=O)C[C@H](c2ccccc2)N1. The second-order valence-corrected chi connectivity index (χ2v) is 4.15. The molecule has 0 aliphatic carbocycles. The molecule has 0 bridgehead atoms. The van der Waals surface area contributed by atoms with Crippen molar-refractivity contribution in [3.63, 3.8) is 0 Å². The Hall–Kier alpha value is -1.68. The fourth-order valence-electron chi connectivity index (χ4n) is 2.09. The van der Waals surface area contributed by atoms with Gasteiger partial charge < -0.3 is 4.74 Å². The van der Waals surface area contributed by atoms with Gasteiger partial charge >= 0.3 is 5.97 Å².